The summed E-state index contributed by atoms with van der Waals surface area (Å²) in [6.45, 7) is 3.85. The SMILES string of the molecule is COC(=O)C1=C(C)NC2=C(C(=O)c3ccccc32)[C@H]1c1ccccc1C. The molecule has 0 unspecified atom stereocenters. The zero-order valence-electron chi connectivity index (χ0n) is 14.9. The fourth-order valence-corrected chi connectivity index (χ4v) is 3.93. The molecule has 0 saturated heterocycles. The Morgan fingerprint density at radius 1 is 1.00 bits per heavy atom. The third kappa shape index (κ3) is 2.22. The van der Waals surface area contributed by atoms with Gasteiger partial charge in [0.05, 0.1) is 18.4 Å². The molecule has 4 heteroatoms. The van der Waals surface area contributed by atoms with Crippen molar-refractivity contribution in [2.75, 3.05) is 7.11 Å². The Hall–Kier alpha value is -3.14. The lowest BCUT2D eigenvalue weighted by Crippen LogP contribution is -2.29. The number of esters is 1. The number of methoxy groups -OCH3 is 1. The number of dihydropyridines is 1. The van der Waals surface area contributed by atoms with Crippen molar-refractivity contribution in [3.05, 3.63) is 87.6 Å². The van der Waals surface area contributed by atoms with Crippen LogP contribution in [-0.4, -0.2) is 18.9 Å². The van der Waals surface area contributed by atoms with Gasteiger partial charge in [0.2, 0.25) is 0 Å². The van der Waals surface area contributed by atoms with Crippen LogP contribution < -0.4 is 5.32 Å². The first-order chi connectivity index (χ1) is 12.5. The van der Waals surface area contributed by atoms with Crippen LogP contribution in [0.5, 0.6) is 0 Å². The minimum Gasteiger partial charge on any atom is -0.466 e. The predicted molar refractivity (Wildman–Crippen MR) is 99.5 cm³/mol. The van der Waals surface area contributed by atoms with E-state index in [1.165, 1.54) is 7.11 Å². The Kier molecular flexibility index (Phi) is 3.76. The monoisotopic (exact) mass is 345 g/mol. The lowest BCUT2D eigenvalue weighted by molar-refractivity contribution is -0.136. The molecule has 0 amide bonds. The van der Waals surface area contributed by atoms with Gasteiger partial charge in [-0.1, -0.05) is 48.5 Å². The first kappa shape index (κ1) is 16.3. The summed E-state index contributed by atoms with van der Waals surface area (Å²) in [6.07, 6.45) is 0. The molecule has 1 heterocycles. The number of hydrogen-bond donors (Lipinski definition) is 1. The van der Waals surface area contributed by atoms with Crippen LogP contribution in [0.3, 0.4) is 0 Å². The number of ether oxygens (including phenoxy) is 1. The largest absolute Gasteiger partial charge is 0.466 e. The van der Waals surface area contributed by atoms with Gasteiger partial charge < -0.3 is 10.1 Å². The van der Waals surface area contributed by atoms with Crippen LogP contribution in [0, 0.1) is 6.92 Å². The molecule has 0 saturated carbocycles. The summed E-state index contributed by atoms with van der Waals surface area (Å²) in [5, 5.41) is 3.29. The smallest absolute Gasteiger partial charge is 0.336 e. The summed E-state index contributed by atoms with van der Waals surface area (Å²) < 4.78 is 5.04. The lowest BCUT2D eigenvalue weighted by Gasteiger charge is -2.29. The molecular formula is C22H19NO3. The van der Waals surface area contributed by atoms with Crippen molar-refractivity contribution in [2.24, 2.45) is 0 Å². The Morgan fingerprint density at radius 2 is 1.65 bits per heavy atom. The van der Waals surface area contributed by atoms with E-state index >= 15 is 0 Å². The molecule has 1 aliphatic heterocycles. The van der Waals surface area contributed by atoms with Gasteiger partial charge in [0, 0.05) is 28.3 Å². The molecular weight excluding hydrogens is 326 g/mol. The minimum atomic E-state index is -0.445. The third-order valence-corrected chi connectivity index (χ3v) is 5.15. The predicted octanol–water partition coefficient (Wildman–Crippen LogP) is 3.74. The maximum Gasteiger partial charge on any atom is 0.336 e. The summed E-state index contributed by atoms with van der Waals surface area (Å²) in [4.78, 5) is 25.8. The third-order valence-electron chi connectivity index (χ3n) is 5.15. The van der Waals surface area contributed by atoms with E-state index in [4.69, 9.17) is 4.74 Å². The van der Waals surface area contributed by atoms with Crippen molar-refractivity contribution in [3.63, 3.8) is 0 Å². The van der Waals surface area contributed by atoms with Crippen LogP contribution >= 0.6 is 0 Å². The molecule has 0 aromatic heterocycles. The van der Waals surface area contributed by atoms with Gasteiger partial charge >= 0.3 is 5.97 Å². The van der Waals surface area contributed by atoms with Crippen LogP contribution in [0.25, 0.3) is 5.70 Å². The highest BCUT2D eigenvalue weighted by Gasteiger charge is 2.43. The van der Waals surface area contributed by atoms with Gasteiger partial charge in [-0.3, -0.25) is 4.79 Å². The second-order valence-corrected chi connectivity index (χ2v) is 6.61. The molecule has 0 radical (unpaired) electrons. The standard InChI is InChI=1S/C22H19NO3/c1-12-8-4-5-9-14(12)18-17(22(25)26-3)13(2)23-20-15-10-6-7-11-16(15)21(24)19(18)20/h4-11,18,23H,1-3H3/t18-/m0/s1. The number of carbonyl (C=O) groups is 2. The van der Waals surface area contributed by atoms with E-state index in [2.05, 4.69) is 5.32 Å². The molecule has 4 rings (SSSR count). The number of ketones is 1. The van der Waals surface area contributed by atoms with Crippen molar-refractivity contribution in [1.29, 1.82) is 0 Å². The second-order valence-electron chi connectivity index (χ2n) is 6.61. The van der Waals surface area contributed by atoms with E-state index in [1.807, 2.05) is 62.4 Å². The van der Waals surface area contributed by atoms with Gasteiger partial charge in [0.1, 0.15) is 0 Å². The fraction of sp³-hybridized carbons (Fsp3) is 0.182. The van der Waals surface area contributed by atoms with E-state index in [9.17, 15) is 9.59 Å². The van der Waals surface area contributed by atoms with Gasteiger partial charge in [-0.2, -0.15) is 0 Å². The van der Waals surface area contributed by atoms with Crippen LogP contribution in [0.15, 0.2) is 65.4 Å². The van der Waals surface area contributed by atoms with E-state index in [-0.39, 0.29) is 5.78 Å². The molecule has 0 fully saturated rings. The van der Waals surface area contributed by atoms with E-state index < -0.39 is 11.9 Å². The molecule has 2 aliphatic rings. The highest BCUT2D eigenvalue weighted by Crippen LogP contribution is 2.47. The highest BCUT2D eigenvalue weighted by atomic mass is 16.5. The van der Waals surface area contributed by atoms with Crippen molar-refractivity contribution in [1.82, 2.24) is 5.32 Å². The maximum absolute atomic E-state index is 13.2. The van der Waals surface area contributed by atoms with Crippen LogP contribution in [-0.2, 0) is 9.53 Å². The van der Waals surface area contributed by atoms with Crippen molar-refractivity contribution in [3.8, 4) is 0 Å². The van der Waals surface area contributed by atoms with Gasteiger partial charge in [-0.25, -0.2) is 4.79 Å². The normalized spacial score (nSPS) is 18.4. The van der Waals surface area contributed by atoms with Crippen molar-refractivity contribution < 1.29 is 14.3 Å². The maximum atomic E-state index is 13.2. The zero-order valence-corrected chi connectivity index (χ0v) is 14.9. The molecule has 1 N–H and O–H groups in total. The highest BCUT2D eigenvalue weighted by molar-refractivity contribution is 6.23. The summed E-state index contributed by atoms with van der Waals surface area (Å²) in [5.41, 5.74) is 6.15. The number of rotatable bonds is 2. The van der Waals surface area contributed by atoms with Gasteiger partial charge in [0.15, 0.2) is 5.78 Å². The molecule has 26 heavy (non-hydrogen) atoms. The minimum absolute atomic E-state index is 0.0368. The van der Waals surface area contributed by atoms with E-state index in [0.29, 0.717) is 22.4 Å². The van der Waals surface area contributed by atoms with E-state index in [1.54, 1.807) is 0 Å². The number of allylic oxidation sites excluding steroid dienone is 2. The molecule has 2 aromatic rings. The van der Waals surface area contributed by atoms with Gasteiger partial charge in [0.25, 0.3) is 0 Å². The van der Waals surface area contributed by atoms with Crippen molar-refractivity contribution in [2.45, 2.75) is 19.8 Å². The molecule has 4 nitrogen and oxygen atoms in total. The molecule has 130 valence electrons. The fourth-order valence-electron chi connectivity index (χ4n) is 3.93. The van der Waals surface area contributed by atoms with Gasteiger partial charge in [-0.05, 0) is 25.0 Å². The molecule has 1 atom stereocenters. The number of aryl methyl sites for hydroxylation is 1. The van der Waals surface area contributed by atoms with Crippen LogP contribution in [0.1, 0.15) is 39.9 Å². The average molecular weight is 345 g/mol. The zero-order chi connectivity index (χ0) is 18.4. The Morgan fingerprint density at radius 3 is 2.35 bits per heavy atom. The van der Waals surface area contributed by atoms with Gasteiger partial charge in [-0.15, -0.1) is 0 Å². The quantitative estimate of drug-likeness (QED) is 0.843. The van der Waals surface area contributed by atoms with Crippen LogP contribution in [0.2, 0.25) is 0 Å². The summed E-state index contributed by atoms with van der Waals surface area (Å²) >= 11 is 0. The first-order valence-corrected chi connectivity index (χ1v) is 8.54. The molecule has 1 aliphatic carbocycles. The summed E-state index contributed by atoms with van der Waals surface area (Å²) in [7, 11) is 1.37. The topological polar surface area (TPSA) is 55.4 Å². The van der Waals surface area contributed by atoms with Crippen LogP contribution in [0.4, 0.5) is 0 Å². The number of hydrogen-bond acceptors (Lipinski definition) is 4. The average Bonchev–Trinajstić information content (AvgIpc) is 2.93. The summed E-state index contributed by atoms with van der Waals surface area (Å²) in [5.74, 6) is -0.899. The summed E-state index contributed by atoms with van der Waals surface area (Å²) in [6, 6.07) is 15.4. The lowest BCUT2D eigenvalue weighted by atomic mass is 9.78. The number of nitrogens with one attached hydrogen (secondary N) is 1. The molecule has 0 bridgehead atoms. The Labute approximate surface area is 152 Å². The Balaban J connectivity index is 1.99. The molecule has 2 aromatic carbocycles. The number of benzene rings is 2. The number of carbonyl (C=O) groups excluding carboxylic acids is 2. The first-order valence-electron chi connectivity index (χ1n) is 8.54. The Bertz CT molecular complexity index is 1010. The number of Topliss-reactive ketones (excluding diaryl/α,β-unsaturated/α-hetero) is 1. The van der Waals surface area contributed by atoms with E-state index in [0.717, 1.165) is 22.4 Å². The molecule has 0 spiro atoms. The number of fused-ring (bicyclic) bond motifs is 2. The van der Waals surface area contributed by atoms with Crippen molar-refractivity contribution >= 4 is 17.4 Å². The second kappa shape index (κ2) is 5.99.